The van der Waals surface area contributed by atoms with Gasteiger partial charge < -0.3 is 5.32 Å². The molecule has 0 saturated carbocycles. The van der Waals surface area contributed by atoms with Crippen molar-refractivity contribution < 1.29 is 9.18 Å². The summed E-state index contributed by atoms with van der Waals surface area (Å²) in [5.74, 6) is -1.04. The lowest BCUT2D eigenvalue weighted by Crippen LogP contribution is -2.13. The van der Waals surface area contributed by atoms with Gasteiger partial charge in [-0.1, -0.05) is 17.7 Å². The zero-order valence-electron chi connectivity index (χ0n) is 10.0. The third-order valence-corrected chi connectivity index (χ3v) is 3.78. The second-order valence-corrected chi connectivity index (χ2v) is 5.33. The van der Waals surface area contributed by atoms with Crippen LogP contribution in [0.4, 0.5) is 10.1 Å². The van der Waals surface area contributed by atoms with Gasteiger partial charge in [-0.3, -0.25) is 4.79 Å². The average molecular weight is 343 g/mol. The van der Waals surface area contributed by atoms with Crippen molar-refractivity contribution in [3.05, 3.63) is 62.8 Å². The van der Waals surface area contributed by atoms with Gasteiger partial charge in [0.15, 0.2) is 0 Å². The lowest BCUT2D eigenvalue weighted by Gasteiger charge is -2.07. The standard InChI is InChI=1S/C14H10BrClFNO/c1-8-2-4-10(13(17)6-8)14(19)18-9-3-5-11(15)12(16)7-9/h2-7H,1H3,(H,18,19). The van der Waals surface area contributed by atoms with Crippen LogP contribution in [0.3, 0.4) is 0 Å². The quantitative estimate of drug-likeness (QED) is 0.834. The summed E-state index contributed by atoms with van der Waals surface area (Å²) in [6, 6.07) is 9.45. The topological polar surface area (TPSA) is 29.1 Å². The molecule has 2 aromatic carbocycles. The van der Waals surface area contributed by atoms with Crippen LogP contribution in [0.25, 0.3) is 0 Å². The monoisotopic (exact) mass is 341 g/mol. The first-order valence-corrected chi connectivity index (χ1v) is 6.67. The van der Waals surface area contributed by atoms with E-state index < -0.39 is 11.7 Å². The van der Waals surface area contributed by atoms with E-state index in [2.05, 4.69) is 21.2 Å². The smallest absolute Gasteiger partial charge is 0.258 e. The van der Waals surface area contributed by atoms with Crippen LogP contribution < -0.4 is 5.32 Å². The molecular formula is C14H10BrClFNO. The van der Waals surface area contributed by atoms with Crippen molar-refractivity contribution in [1.82, 2.24) is 0 Å². The van der Waals surface area contributed by atoms with Crippen molar-refractivity contribution in [1.29, 1.82) is 0 Å². The Morgan fingerprint density at radius 2 is 2.00 bits per heavy atom. The molecule has 0 aliphatic carbocycles. The zero-order valence-corrected chi connectivity index (χ0v) is 12.3. The second-order valence-electron chi connectivity index (χ2n) is 4.07. The van der Waals surface area contributed by atoms with E-state index in [-0.39, 0.29) is 5.56 Å². The fraction of sp³-hybridized carbons (Fsp3) is 0.0714. The van der Waals surface area contributed by atoms with Gasteiger partial charge in [0, 0.05) is 10.2 Å². The van der Waals surface area contributed by atoms with E-state index in [0.717, 1.165) is 10.0 Å². The third-order valence-electron chi connectivity index (χ3n) is 2.55. The number of carbonyl (C=O) groups is 1. The van der Waals surface area contributed by atoms with Crippen LogP contribution in [0.5, 0.6) is 0 Å². The fourth-order valence-electron chi connectivity index (χ4n) is 1.58. The number of carbonyl (C=O) groups excluding carboxylic acids is 1. The molecule has 0 atom stereocenters. The molecule has 0 aliphatic rings. The van der Waals surface area contributed by atoms with Crippen LogP contribution in [0.2, 0.25) is 5.02 Å². The molecule has 0 spiro atoms. The summed E-state index contributed by atoms with van der Waals surface area (Å²) in [5, 5.41) is 3.08. The van der Waals surface area contributed by atoms with Crippen molar-refractivity contribution >= 4 is 39.1 Å². The molecule has 2 aromatic rings. The number of anilines is 1. The SMILES string of the molecule is Cc1ccc(C(=O)Nc2ccc(Br)c(Cl)c2)c(F)c1. The molecule has 0 fully saturated rings. The predicted molar refractivity (Wildman–Crippen MR) is 78.2 cm³/mol. The summed E-state index contributed by atoms with van der Waals surface area (Å²) in [6.45, 7) is 1.76. The molecule has 5 heteroatoms. The molecule has 0 bridgehead atoms. The molecule has 1 N–H and O–H groups in total. The number of halogens is 3. The minimum absolute atomic E-state index is 0.00430. The summed E-state index contributed by atoms with van der Waals surface area (Å²) < 4.78 is 14.4. The number of benzene rings is 2. The first-order valence-electron chi connectivity index (χ1n) is 5.50. The number of hydrogen-bond donors (Lipinski definition) is 1. The molecule has 0 saturated heterocycles. The Labute approximate surface area is 123 Å². The highest BCUT2D eigenvalue weighted by molar-refractivity contribution is 9.10. The minimum atomic E-state index is -0.541. The molecule has 2 rings (SSSR count). The number of amides is 1. The summed E-state index contributed by atoms with van der Waals surface area (Å²) >= 11 is 9.18. The van der Waals surface area contributed by atoms with Gasteiger partial charge in [0.1, 0.15) is 5.82 Å². The van der Waals surface area contributed by atoms with Gasteiger partial charge in [0.25, 0.3) is 5.91 Å². The first-order chi connectivity index (χ1) is 8.97. The molecule has 0 radical (unpaired) electrons. The van der Waals surface area contributed by atoms with Crippen LogP contribution >= 0.6 is 27.5 Å². The van der Waals surface area contributed by atoms with E-state index in [9.17, 15) is 9.18 Å². The Morgan fingerprint density at radius 1 is 1.26 bits per heavy atom. The predicted octanol–water partition coefficient (Wildman–Crippen LogP) is 4.80. The Morgan fingerprint density at radius 3 is 2.63 bits per heavy atom. The first kappa shape index (κ1) is 14.0. The largest absolute Gasteiger partial charge is 0.322 e. The third kappa shape index (κ3) is 3.33. The van der Waals surface area contributed by atoms with E-state index in [0.29, 0.717) is 10.7 Å². The Bertz CT molecular complexity index is 645. The van der Waals surface area contributed by atoms with E-state index in [4.69, 9.17) is 11.6 Å². The van der Waals surface area contributed by atoms with Gasteiger partial charge in [-0.2, -0.15) is 0 Å². The maximum atomic E-state index is 13.7. The van der Waals surface area contributed by atoms with Gasteiger partial charge in [0.2, 0.25) is 0 Å². The highest BCUT2D eigenvalue weighted by Crippen LogP contribution is 2.26. The number of rotatable bonds is 2. The number of nitrogens with one attached hydrogen (secondary N) is 1. The highest BCUT2D eigenvalue weighted by Gasteiger charge is 2.12. The highest BCUT2D eigenvalue weighted by atomic mass is 79.9. The van der Waals surface area contributed by atoms with Crippen LogP contribution in [0.1, 0.15) is 15.9 Å². The number of aryl methyl sites for hydroxylation is 1. The summed E-state index contributed by atoms with van der Waals surface area (Å²) in [5.41, 5.74) is 1.28. The molecule has 19 heavy (non-hydrogen) atoms. The van der Waals surface area contributed by atoms with Crippen molar-refractivity contribution in [3.8, 4) is 0 Å². The molecule has 0 aliphatic heterocycles. The van der Waals surface area contributed by atoms with Crippen molar-refractivity contribution in [2.75, 3.05) is 5.32 Å². The normalized spacial score (nSPS) is 10.3. The van der Waals surface area contributed by atoms with Crippen LogP contribution in [0, 0.1) is 12.7 Å². The lowest BCUT2D eigenvalue weighted by molar-refractivity contribution is 0.102. The van der Waals surface area contributed by atoms with E-state index in [1.54, 1.807) is 31.2 Å². The van der Waals surface area contributed by atoms with E-state index in [1.165, 1.54) is 12.1 Å². The summed E-state index contributed by atoms with van der Waals surface area (Å²) in [6.07, 6.45) is 0. The Kier molecular flexibility index (Phi) is 4.22. The van der Waals surface area contributed by atoms with Crippen molar-refractivity contribution in [2.24, 2.45) is 0 Å². The summed E-state index contributed by atoms with van der Waals surface area (Å²) in [7, 11) is 0. The fourth-order valence-corrected chi connectivity index (χ4v) is 2.00. The van der Waals surface area contributed by atoms with Gasteiger partial charge in [-0.25, -0.2) is 4.39 Å². The number of hydrogen-bond acceptors (Lipinski definition) is 1. The maximum Gasteiger partial charge on any atom is 0.258 e. The van der Waals surface area contributed by atoms with Crippen LogP contribution in [-0.2, 0) is 0 Å². The van der Waals surface area contributed by atoms with Gasteiger partial charge in [-0.05, 0) is 58.7 Å². The molecule has 0 heterocycles. The van der Waals surface area contributed by atoms with Crippen LogP contribution in [-0.4, -0.2) is 5.91 Å². The minimum Gasteiger partial charge on any atom is -0.322 e. The zero-order chi connectivity index (χ0) is 14.0. The van der Waals surface area contributed by atoms with E-state index in [1.807, 2.05) is 0 Å². The molecule has 2 nitrogen and oxygen atoms in total. The van der Waals surface area contributed by atoms with Gasteiger partial charge in [0.05, 0.1) is 10.6 Å². The average Bonchev–Trinajstić information content (AvgIpc) is 2.33. The molecule has 0 aromatic heterocycles. The van der Waals surface area contributed by atoms with E-state index >= 15 is 0 Å². The molecule has 0 unspecified atom stereocenters. The van der Waals surface area contributed by atoms with Crippen LogP contribution in [0.15, 0.2) is 40.9 Å². The molecule has 98 valence electrons. The molecular weight excluding hydrogens is 333 g/mol. The summed E-state index contributed by atoms with van der Waals surface area (Å²) in [4.78, 5) is 11.9. The van der Waals surface area contributed by atoms with Crippen molar-refractivity contribution in [2.45, 2.75) is 6.92 Å². The lowest BCUT2D eigenvalue weighted by atomic mass is 10.1. The molecule has 1 amide bonds. The Hall–Kier alpha value is -1.39. The van der Waals surface area contributed by atoms with Crippen molar-refractivity contribution in [3.63, 3.8) is 0 Å². The second kappa shape index (κ2) is 5.72. The van der Waals surface area contributed by atoms with Gasteiger partial charge >= 0.3 is 0 Å². The Balaban J connectivity index is 2.23. The van der Waals surface area contributed by atoms with Gasteiger partial charge in [-0.15, -0.1) is 0 Å². The maximum absolute atomic E-state index is 13.7.